The Morgan fingerprint density at radius 1 is 0.969 bits per heavy atom. The zero-order valence-electron chi connectivity index (χ0n) is 21.1. The molecule has 182 valence electrons. The van der Waals surface area contributed by atoms with Crippen molar-refractivity contribution in [2.45, 2.75) is 108 Å². The molecular formula is C27H43IO4. The molecule has 32 heavy (non-hydrogen) atoms. The van der Waals surface area contributed by atoms with Crippen molar-refractivity contribution in [3.8, 4) is 0 Å². The number of hydrogen-bond acceptors (Lipinski definition) is 4. The molecule has 5 aliphatic rings. The zero-order chi connectivity index (χ0) is 24.4. The number of carbonyl (C=O) groups is 2. The van der Waals surface area contributed by atoms with E-state index in [1.807, 2.05) is 33.8 Å². The van der Waals surface area contributed by atoms with Gasteiger partial charge in [0.25, 0.3) is 0 Å². The highest BCUT2D eigenvalue weighted by molar-refractivity contribution is 14.1. The van der Waals surface area contributed by atoms with Gasteiger partial charge in [0.05, 0.1) is 0 Å². The van der Waals surface area contributed by atoms with Crippen LogP contribution in [0.15, 0.2) is 23.3 Å². The molecule has 0 aromatic rings. The highest BCUT2D eigenvalue weighted by Gasteiger charge is 2.69. The van der Waals surface area contributed by atoms with Crippen molar-refractivity contribution in [2.75, 3.05) is 7.11 Å². The molecule has 1 heterocycles. The normalized spacial score (nSPS) is 41.1. The lowest BCUT2D eigenvalue weighted by Crippen LogP contribution is -2.56. The first-order valence-electron chi connectivity index (χ1n) is 12.5. The maximum Gasteiger partial charge on any atom is 0.306 e. The van der Waals surface area contributed by atoms with E-state index in [1.54, 1.807) is 5.57 Å². The van der Waals surface area contributed by atoms with Gasteiger partial charge in [0, 0.05) is 34.2 Å². The van der Waals surface area contributed by atoms with Crippen LogP contribution in [0.25, 0.3) is 0 Å². The average Bonchev–Trinajstić information content (AvgIpc) is 3.33. The lowest BCUT2D eigenvalue weighted by molar-refractivity contribution is -0.159. The second-order valence-corrected chi connectivity index (χ2v) is 11.6. The van der Waals surface area contributed by atoms with Gasteiger partial charge in [0.15, 0.2) is 5.78 Å². The van der Waals surface area contributed by atoms with Crippen molar-refractivity contribution in [3.63, 3.8) is 0 Å². The van der Waals surface area contributed by atoms with Crippen molar-refractivity contribution in [2.24, 2.45) is 16.7 Å². The Morgan fingerprint density at radius 2 is 1.62 bits per heavy atom. The monoisotopic (exact) mass is 558 g/mol. The Hall–Kier alpha value is -0.690. The quantitative estimate of drug-likeness (QED) is 0.155. The molecule has 4 aliphatic carbocycles. The molecule has 1 aliphatic heterocycles. The Morgan fingerprint density at radius 3 is 2.22 bits per heavy atom. The van der Waals surface area contributed by atoms with Crippen LogP contribution in [-0.2, 0) is 14.3 Å². The number of alkyl halides is 1. The van der Waals surface area contributed by atoms with Gasteiger partial charge >= 0.3 is 5.97 Å². The largest absolute Gasteiger partial charge is 0.458 e. The van der Waals surface area contributed by atoms with Crippen LogP contribution in [0.4, 0.5) is 0 Å². The van der Waals surface area contributed by atoms with E-state index in [9.17, 15) is 9.59 Å². The number of rotatable bonds is 0. The van der Waals surface area contributed by atoms with Crippen LogP contribution in [0.5, 0.6) is 0 Å². The molecule has 1 saturated heterocycles. The molecule has 5 heteroatoms. The van der Waals surface area contributed by atoms with Gasteiger partial charge < -0.3 is 9.84 Å². The Bertz CT molecular complexity index is 787. The summed E-state index contributed by atoms with van der Waals surface area (Å²) >= 11 is 2.75. The van der Waals surface area contributed by atoms with Crippen molar-refractivity contribution < 1.29 is 19.4 Å². The van der Waals surface area contributed by atoms with E-state index in [-0.39, 0.29) is 25.8 Å². The van der Waals surface area contributed by atoms with Gasteiger partial charge in [-0.15, -0.1) is 0 Å². The molecule has 0 aromatic carbocycles. The molecule has 2 saturated carbocycles. The number of hydrogen-bond donors (Lipinski definition) is 1. The third-order valence-corrected chi connectivity index (χ3v) is 10.6. The third-order valence-electron chi connectivity index (χ3n) is 8.69. The molecule has 0 bridgehead atoms. The van der Waals surface area contributed by atoms with Crippen LogP contribution in [0, 0.1) is 16.7 Å². The van der Waals surface area contributed by atoms with Crippen molar-refractivity contribution >= 4 is 34.3 Å². The molecule has 1 N–H and O–H groups in total. The van der Waals surface area contributed by atoms with Crippen LogP contribution in [0.3, 0.4) is 0 Å². The second kappa shape index (κ2) is 10.3. The van der Waals surface area contributed by atoms with E-state index in [2.05, 4.69) is 42.5 Å². The van der Waals surface area contributed by atoms with Gasteiger partial charge in [0.1, 0.15) is 5.60 Å². The van der Waals surface area contributed by atoms with Crippen molar-refractivity contribution in [1.82, 2.24) is 0 Å². The smallest absolute Gasteiger partial charge is 0.306 e. The van der Waals surface area contributed by atoms with Crippen LogP contribution in [0.1, 0.15) is 99.3 Å². The van der Waals surface area contributed by atoms with Crippen LogP contribution in [-0.4, -0.2) is 33.0 Å². The minimum Gasteiger partial charge on any atom is -0.458 e. The second-order valence-electron chi connectivity index (χ2n) is 9.63. The highest BCUT2D eigenvalue weighted by Crippen LogP contribution is 2.71. The Labute approximate surface area is 208 Å². The molecule has 4 nitrogen and oxygen atoms in total. The van der Waals surface area contributed by atoms with Crippen LogP contribution < -0.4 is 0 Å². The van der Waals surface area contributed by atoms with Gasteiger partial charge in [-0.05, 0) is 62.5 Å². The molecule has 1 spiro atoms. The predicted octanol–water partition coefficient (Wildman–Crippen LogP) is 6.73. The average molecular weight is 559 g/mol. The van der Waals surface area contributed by atoms with E-state index in [1.165, 1.54) is 5.57 Å². The van der Waals surface area contributed by atoms with Gasteiger partial charge in [-0.2, -0.15) is 0 Å². The van der Waals surface area contributed by atoms with E-state index in [0.29, 0.717) is 24.5 Å². The Kier molecular flexibility index (Phi) is 8.86. The summed E-state index contributed by atoms with van der Waals surface area (Å²) in [7, 11) is 1.00. The molecule has 5 atom stereocenters. The van der Waals surface area contributed by atoms with Gasteiger partial charge in [0.2, 0.25) is 0 Å². The third kappa shape index (κ3) is 3.93. The van der Waals surface area contributed by atoms with Gasteiger partial charge in [-0.25, -0.2) is 0 Å². The minimum atomic E-state index is -0.242. The number of aliphatic hydroxyl groups excluding tert-OH is 1. The lowest BCUT2D eigenvalue weighted by Gasteiger charge is -2.59. The molecule has 5 rings (SSSR count). The summed E-state index contributed by atoms with van der Waals surface area (Å²) in [6.45, 7) is 12.8. The molecule has 0 aromatic heterocycles. The summed E-state index contributed by atoms with van der Waals surface area (Å²) in [4.78, 5) is 24.0. The van der Waals surface area contributed by atoms with E-state index < -0.39 is 0 Å². The summed E-state index contributed by atoms with van der Waals surface area (Å²) in [5, 5.41) is 7.00. The molecule has 0 amide bonds. The summed E-state index contributed by atoms with van der Waals surface area (Å²) in [5.41, 5.74) is 2.78. The van der Waals surface area contributed by atoms with Gasteiger partial charge in [-0.3, -0.25) is 9.59 Å². The first-order valence-corrected chi connectivity index (χ1v) is 13.6. The van der Waals surface area contributed by atoms with Gasteiger partial charge in [-0.1, -0.05) is 75.8 Å². The number of halogens is 1. The lowest BCUT2D eigenvalue weighted by atomic mass is 9.50. The summed E-state index contributed by atoms with van der Waals surface area (Å²) in [6, 6.07) is 0. The Balaban J connectivity index is 0.000000561. The summed E-state index contributed by atoms with van der Waals surface area (Å²) < 4.78 is 6.16. The van der Waals surface area contributed by atoms with E-state index >= 15 is 0 Å². The standard InChI is InChI=1S/C22H27IO3.2C2H6.CH4O/c1-19-8-4-15(24)13-14(19)3-12-22(23)16(19)5-9-20(2)17(22)6-10-21(20)11-7-18(25)26-21;3*1-2/h5,13,17H,3-4,6-12H2,1-2H3;2*1-2H3;2H,1H3. The number of ether oxygens (including phenoxy) is 1. The zero-order valence-corrected chi connectivity index (χ0v) is 23.3. The summed E-state index contributed by atoms with van der Waals surface area (Å²) in [6.07, 6.45) is 12.9. The fraction of sp³-hybridized carbons (Fsp3) is 0.778. The first kappa shape index (κ1) is 27.6. The van der Waals surface area contributed by atoms with E-state index in [4.69, 9.17) is 9.84 Å². The molecular weight excluding hydrogens is 515 g/mol. The molecule has 5 unspecified atom stereocenters. The van der Waals surface area contributed by atoms with E-state index in [0.717, 1.165) is 52.1 Å². The number of aliphatic hydroxyl groups is 1. The van der Waals surface area contributed by atoms with Crippen LogP contribution >= 0.6 is 22.6 Å². The molecule has 0 radical (unpaired) electrons. The maximum atomic E-state index is 12.0. The minimum absolute atomic E-state index is 0.00391. The first-order chi connectivity index (χ1) is 15.2. The van der Waals surface area contributed by atoms with Crippen molar-refractivity contribution in [3.05, 3.63) is 23.3 Å². The topological polar surface area (TPSA) is 63.6 Å². The fourth-order valence-electron chi connectivity index (χ4n) is 7.16. The number of fused-ring (bicyclic) bond motifs is 6. The van der Waals surface area contributed by atoms with Crippen LogP contribution in [0.2, 0.25) is 0 Å². The molecule has 3 fully saturated rings. The predicted molar refractivity (Wildman–Crippen MR) is 139 cm³/mol. The number of esters is 1. The number of allylic oxidation sites excluding steroid dienone is 4. The summed E-state index contributed by atoms with van der Waals surface area (Å²) in [5.74, 6) is 0.852. The van der Waals surface area contributed by atoms with Crippen molar-refractivity contribution in [1.29, 1.82) is 0 Å². The maximum absolute atomic E-state index is 12.0. The number of carbonyl (C=O) groups excluding carboxylic acids is 2. The SMILES string of the molecule is CC.CC.CC12CCC(=O)C=C1CCC1(I)C2=CCC2(C)C1CCC21CCC(=O)O1.CO. The number of ketones is 1. The highest BCUT2D eigenvalue weighted by atomic mass is 127. The fourth-order valence-corrected chi connectivity index (χ4v) is 9.24.